The van der Waals surface area contributed by atoms with Gasteiger partial charge in [-0.15, -0.1) is 0 Å². The molecule has 1 saturated heterocycles. The summed E-state index contributed by atoms with van der Waals surface area (Å²) in [7, 11) is 1.75. The van der Waals surface area contributed by atoms with Crippen LogP contribution in [0.2, 0.25) is 0 Å². The van der Waals surface area contributed by atoms with E-state index in [1.54, 1.807) is 7.11 Å². The van der Waals surface area contributed by atoms with Crippen molar-refractivity contribution < 1.29 is 4.74 Å². The zero-order valence-corrected chi connectivity index (χ0v) is 12.2. The first-order valence-electron chi connectivity index (χ1n) is 7.42. The molecule has 1 aliphatic rings. The Morgan fingerprint density at radius 3 is 2.68 bits per heavy atom. The second kappa shape index (κ2) is 7.51. The van der Waals surface area contributed by atoms with Crippen molar-refractivity contribution in [2.45, 2.75) is 39.3 Å². The number of ether oxygens (including phenoxy) is 1. The van der Waals surface area contributed by atoms with E-state index in [1.807, 2.05) is 0 Å². The number of nitrogens with zero attached hydrogens (tertiary/aromatic N) is 1. The third kappa shape index (κ3) is 4.22. The van der Waals surface area contributed by atoms with Gasteiger partial charge in [0.2, 0.25) is 0 Å². The number of likely N-dealkylation sites (tertiary alicyclic amines) is 1. The van der Waals surface area contributed by atoms with E-state index in [4.69, 9.17) is 4.74 Å². The first-order valence-corrected chi connectivity index (χ1v) is 7.42. The molecule has 1 fully saturated rings. The van der Waals surface area contributed by atoms with E-state index in [0.29, 0.717) is 0 Å². The number of benzene rings is 1. The minimum absolute atomic E-state index is 0.882. The second-order valence-corrected chi connectivity index (χ2v) is 5.26. The fourth-order valence-electron chi connectivity index (χ4n) is 2.70. The third-order valence-electron chi connectivity index (χ3n) is 3.77. The summed E-state index contributed by atoms with van der Waals surface area (Å²) in [5, 5.41) is 3.38. The summed E-state index contributed by atoms with van der Waals surface area (Å²) < 4.78 is 5.43. The Morgan fingerprint density at radius 2 is 2.00 bits per heavy atom. The Labute approximate surface area is 116 Å². The lowest BCUT2D eigenvalue weighted by atomic mass is 10.1. The maximum atomic E-state index is 5.43. The largest absolute Gasteiger partial charge is 0.496 e. The van der Waals surface area contributed by atoms with Gasteiger partial charge in [-0.1, -0.05) is 19.4 Å². The van der Waals surface area contributed by atoms with Gasteiger partial charge < -0.3 is 10.1 Å². The van der Waals surface area contributed by atoms with E-state index in [9.17, 15) is 0 Å². The first-order chi connectivity index (χ1) is 9.33. The maximum absolute atomic E-state index is 5.43. The van der Waals surface area contributed by atoms with Gasteiger partial charge in [0.1, 0.15) is 5.75 Å². The molecule has 19 heavy (non-hydrogen) atoms. The van der Waals surface area contributed by atoms with Gasteiger partial charge in [0.05, 0.1) is 7.11 Å². The molecule has 1 N–H and O–H groups in total. The Bertz CT molecular complexity index is 386. The fourth-order valence-corrected chi connectivity index (χ4v) is 2.70. The van der Waals surface area contributed by atoms with E-state index in [1.165, 1.54) is 43.5 Å². The molecule has 0 aromatic heterocycles. The van der Waals surface area contributed by atoms with E-state index in [2.05, 4.69) is 35.3 Å². The SMILES string of the molecule is CCNCc1cc(CN2CCCCC2)ccc1OC. The van der Waals surface area contributed by atoms with Crippen molar-refractivity contribution in [2.75, 3.05) is 26.7 Å². The highest BCUT2D eigenvalue weighted by Crippen LogP contribution is 2.21. The minimum Gasteiger partial charge on any atom is -0.496 e. The molecule has 0 saturated carbocycles. The molecule has 3 nitrogen and oxygen atoms in total. The molecule has 1 aliphatic heterocycles. The molecule has 0 spiro atoms. The van der Waals surface area contributed by atoms with Gasteiger partial charge in [0.25, 0.3) is 0 Å². The van der Waals surface area contributed by atoms with Gasteiger partial charge in [-0.2, -0.15) is 0 Å². The van der Waals surface area contributed by atoms with Gasteiger partial charge in [-0.05, 0) is 50.2 Å². The summed E-state index contributed by atoms with van der Waals surface area (Å²) in [5.74, 6) is 0.989. The van der Waals surface area contributed by atoms with Crippen LogP contribution >= 0.6 is 0 Å². The Kier molecular flexibility index (Phi) is 5.67. The van der Waals surface area contributed by atoms with E-state index >= 15 is 0 Å². The van der Waals surface area contributed by atoms with Crippen molar-refractivity contribution in [3.05, 3.63) is 29.3 Å². The van der Waals surface area contributed by atoms with E-state index in [0.717, 1.165) is 25.4 Å². The topological polar surface area (TPSA) is 24.5 Å². The summed E-state index contributed by atoms with van der Waals surface area (Å²) >= 11 is 0. The Hall–Kier alpha value is -1.06. The van der Waals surface area contributed by atoms with Crippen molar-refractivity contribution in [3.8, 4) is 5.75 Å². The molecule has 0 amide bonds. The normalized spacial score (nSPS) is 16.5. The Balaban J connectivity index is 2.03. The standard InChI is InChI=1S/C16H26N2O/c1-3-17-12-15-11-14(7-8-16(15)19-2)13-18-9-5-4-6-10-18/h7-8,11,17H,3-6,9-10,12-13H2,1-2H3. The van der Waals surface area contributed by atoms with Crippen molar-refractivity contribution in [2.24, 2.45) is 0 Å². The number of methoxy groups -OCH3 is 1. The summed E-state index contributed by atoms with van der Waals surface area (Å²) in [4.78, 5) is 2.56. The average molecular weight is 262 g/mol. The molecule has 0 aliphatic carbocycles. The van der Waals surface area contributed by atoms with Crippen LogP contribution in [0.1, 0.15) is 37.3 Å². The lowest BCUT2D eigenvalue weighted by Crippen LogP contribution is -2.29. The maximum Gasteiger partial charge on any atom is 0.123 e. The van der Waals surface area contributed by atoms with Crippen LogP contribution in [-0.4, -0.2) is 31.6 Å². The molecule has 1 heterocycles. The molecule has 106 valence electrons. The number of hydrogen-bond donors (Lipinski definition) is 1. The first kappa shape index (κ1) is 14.4. The third-order valence-corrected chi connectivity index (χ3v) is 3.77. The predicted octanol–water partition coefficient (Wildman–Crippen LogP) is 2.79. The van der Waals surface area contributed by atoms with Gasteiger partial charge >= 0.3 is 0 Å². The number of hydrogen-bond acceptors (Lipinski definition) is 3. The molecule has 0 radical (unpaired) electrons. The van der Waals surface area contributed by atoms with Crippen LogP contribution < -0.4 is 10.1 Å². The zero-order valence-electron chi connectivity index (χ0n) is 12.2. The van der Waals surface area contributed by atoms with Crippen LogP contribution in [0.4, 0.5) is 0 Å². The molecular formula is C16H26N2O. The van der Waals surface area contributed by atoms with E-state index in [-0.39, 0.29) is 0 Å². The van der Waals surface area contributed by atoms with Crippen molar-refractivity contribution in [3.63, 3.8) is 0 Å². The van der Waals surface area contributed by atoms with Crippen LogP contribution in [0.25, 0.3) is 0 Å². The summed E-state index contributed by atoms with van der Waals surface area (Å²) in [6.07, 6.45) is 4.09. The number of rotatable bonds is 6. The highest BCUT2D eigenvalue weighted by Gasteiger charge is 2.11. The summed E-state index contributed by atoms with van der Waals surface area (Å²) in [6.45, 7) is 7.56. The van der Waals surface area contributed by atoms with Crippen molar-refractivity contribution >= 4 is 0 Å². The highest BCUT2D eigenvalue weighted by molar-refractivity contribution is 5.37. The monoisotopic (exact) mass is 262 g/mol. The number of nitrogens with one attached hydrogen (secondary N) is 1. The average Bonchev–Trinajstić information content (AvgIpc) is 2.46. The van der Waals surface area contributed by atoms with Gasteiger partial charge in [0, 0.05) is 18.7 Å². The predicted molar refractivity (Wildman–Crippen MR) is 79.5 cm³/mol. The van der Waals surface area contributed by atoms with Crippen molar-refractivity contribution in [1.82, 2.24) is 10.2 Å². The zero-order chi connectivity index (χ0) is 13.5. The van der Waals surface area contributed by atoms with Crippen molar-refractivity contribution in [1.29, 1.82) is 0 Å². The van der Waals surface area contributed by atoms with Crippen LogP contribution in [-0.2, 0) is 13.1 Å². The molecule has 0 atom stereocenters. The second-order valence-electron chi connectivity index (χ2n) is 5.26. The van der Waals surface area contributed by atoms with Gasteiger partial charge in [-0.25, -0.2) is 0 Å². The van der Waals surface area contributed by atoms with Crippen LogP contribution in [0.15, 0.2) is 18.2 Å². The van der Waals surface area contributed by atoms with Gasteiger partial charge in [0.15, 0.2) is 0 Å². The molecule has 3 heteroatoms. The molecule has 0 unspecified atom stereocenters. The summed E-state index contributed by atoms with van der Waals surface area (Å²) in [5.41, 5.74) is 2.66. The lowest BCUT2D eigenvalue weighted by molar-refractivity contribution is 0.221. The highest BCUT2D eigenvalue weighted by atomic mass is 16.5. The molecular weight excluding hydrogens is 236 g/mol. The fraction of sp³-hybridized carbons (Fsp3) is 0.625. The van der Waals surface area contributed by atoms with Crippen LogP contribution in [0.5, 0.6) is 5.75 Å². The molecule has 0 bridgehead atoms. The van der Waals surface area contributed by atoms with Gasteiger partial charge in [-0.3, -0.25) is 4.90 Å². The van der Waals surface area contributed by atoms with Crippen LogP contribution in [0, 0.1) is 0 Å². The smallest absolute Gasteiger partial charge is 0.123 e. The molecule has 1 aromatic rings. The van der Waals surface area contributed by atoms with Crippen LogP contribution in [0.3, 0.4) is 0 Å². The molecule has 1 aromatic carbocycles. The minimum atomic E-state index is 0.882. The quantitative estimate of drug-likeness (QED) is 0.853. The Morgan fingerprint density at radius 1 is 1.21 bits per heavy atom. The summed E-state index contributed by atoms with van der Waals surface area (Å²) in [6, 6.07) is 6.59. The number of piperidine rings is 1. The lowest BCUT2D eigenvalue weighted by Gasteiger charge is -2.26. The molecule has 2 rings (SSSR count). The van der Waals surface area contributed by atoms with E-state index < -0.39 is 0 Å².